The van der Waals surface area contributed by atoms with Gasteiger partial charge in [-0.1, -0.05) is 6.42 Å². The van der Waals surface area contributed by atoms with E-state index in [1.807, 2.05) is 0 Å². The van der Waals surface area contributed by atoms with Gasteiger partial charge in [0.15, 0.2) is 0 Å². The zero-order valence-corrected chi connectivity index (χ0v) is 18.5. The summed E-state index contributed by atoms with van der Waals surface area (Å²) in [6.45, 7) is 3.63. The molecule has 0 aliphatic carbocycles. The maximum Gasteiger partial charge on any atom is 0.256 e. The molecule has 2 aliphatic rings. The van der Waals surface area contributed by atoms with Crippen molar-refractivity contribution in [1.29, 1.82) is 0 Å². The van der Waals surface area contributed by atoms with E-state index in [1.165, 1.54) is 37.4 Å². The molecule has 0 spiro atoms. The topological polar surface area (TPSA) is 103 Å². The third kappa shape index (κ3) is 5.13. The summed E-state index contributed by atoms with van der Waals surface area (Å²) in [6.07, 6.45) is 4.21. The van der Waals surface area contributed by atoms with Crippen LogP contribution in [0.15, 0.2) is 41.3 Å². The standard InChI is InChI=1S/C24H27FN4O4/c1-15(30)27-19-6-7-20(21(25)10-19)24(33)28-9-3-2-4-17(12-28)18-13-29(14-18)23(32)16-5-8-22(31)26-11-16/h5-8,10-11,17-18H,2-4,9,12-14H2,1H3,(H,26,31)(H,27,30). The maximum absolute atomic E-state index is 14.6. The molecule has 2 aliphatic heterocycles. The molecule has 1 aromatic carbocycles. The average molecular weight is 455 g/mol. The van der Waals surface area contributed by atoms with Gasteiger partial charge in [0.2, 0.25) is 11.5 Å². The maximum atomic E-state index is 14.6. The number of halogens is 1. The Morgan fingerprint density at radius 2 is 1.76 bits per heavy atom. The van der Waals surface area contributed by atoms with Crippen LogP contribution in [0.1, 0.15) is 46.9 Å². The number of aromatic amines is 1. The van der Waals surface area contributed by atoms with Crippen molar-refractivity contribution in [1.82, 2.24) is 14.8 Å². The molecule has 3 heterocycles. The van der Waals surface area contributed by atoms with E-state index in [9.17, 15) is 23.6 Å². The normalized spacial score (nSPS) is 18.9. The van der Waals surface area contributed by atoms with Crippen molar-refractivity contribution >= 4 is 23.4 Å². The van der Waals surface area contributed by atoms with Crippen molar-refractivity contribution in [2.45, 2.75) is 26.2 Å². The van der Waals surface area contributed by atoms with Crippen LogP contribution in [0.4, 0.5) is 10.1 Å². The van der Waals surface area contributed by atoms with Crippen molar-refractivity contribution in [2.24, 2.45) is 11.8 Å². The number of aromatic nitrogens is 1. The number of hydrogen-bond donors (Lipinski definition) is 2. The van der Waals surface area contributed by atoms with E-state index in [0.717, 1.165) is 25.3 Å². The van der Waals surface area contributed by atoms with Gasteiger partial charge in [0, 0.05) is 51.1 Å². The fraction of sp³-hybridized carbons (Fsp3) is 0.417. The number of H-pyrrole nitrogens is 1. The lowest BCUT2D eigenvalue weighted by atomic mass is 9.82. The fourth-order valence-corrected chi connectivity index (χ4v) is 4.59. The first kappa shape index (κ1) is 22.7. The molecule has 1 unspecified atom stereocenters. The Balaban J connectivity index is 1.39. The molecule has 2 fully saturated rings. The van der Waals surface area contributed by atoms with Gasteiger partial charge in [0.25, 0.3) is 11.8 Å². The Kier molecular flexibility index (Phi) is 6.57. The predicted molar refractivity (Wildman–Crippen MR) is 120 cm³/mol. The van der Waals surface area contributed by atoms with Gasteiger partial charge >= 0.3 is 0 Å². The van der Waals surface area contributed by atoms with Gasteiger partial charge in [0.1, 0.15) is 5.82 Å². The highest BCUT2D eigenvalue weighted by atomic mass is 19.1. The quantitative estimate of drug-likeness (QED) is 0.741. The fourth-order valence-electron chi connectivity index (χ4n) is 4.59. The minimum Gasteiger partial charge on any atom is -0.338 e. The molecule has 9 heteroatoms. The van der Waals surface area contributed by atoms with Gasteiger partial charge in [-0.15, -0.1) is 0 Å². The molecule has 8 nitrogen and oxygen atoms in total. The molecule has 1 aromatic heterocycles. The zero-order valence-electron chi connectivity index (χ0n) is 18.5. The smallest absolute Gasteiger partial charge is 0.256 e. The average Bonchev–Trinajstić information content (AvgIpc) is 2.98. The SMILES string of the molecule is CC(=O)Nc1ccc(C(=O)N2CCCCC(C3CN(C(=O)c4ccc(=O)[nH]c4)C3)C2)c(F)c1. The molecular formula is C24H27FN4O4. The minimum atomic E-state index is -0.659. The van der Waals surface area contributed by atoms with E-state index in [1.54, 1.807) is 9.80 Å². The number of pyridine rings is 1. The van der Waals surface area contributed by atoms with Crippen LogP contribution in [-0.4, -0.2) is 58.7 Å². The summed E-state index contributed by atoms with van der Waals surface area (Å²) in [6, 6.07) is 6.96. The molecular weight excluding hydrogens is 427 g/mol. The Hall–Kier alpha value is -3.49. The van der Waals surface area contributed by atoms with E-state index in [4.69, 9.17) is 0 Å². The van der Waals surface area contributed by atoms with Gasteiger partial charge in [-0.05, 0) is 48.9 Å². The van der Waals surface area contributed by atoms with Gasteiger partial charge in [-0.25, -0.2) is 4.39 Å². The van der Waals surface area contributed by atoms with E-state index in [0.29, 0.717) is 37.4 Å². The third-order valence-electron chi connectivity index (χ3n) is 6.41. The lowest BCUT2D eigenvalue weighted by molar-refractivity contribution is -0.114. The molecule has 2 aromatic rings. The van der Waals surface area contributed by atoms with E-state index < -0.39 is 5.82 Å². The van der Waals surface area contributed by atoms with Gasteiger partial charge in [0.05, 0.1) is 11.1 Å². The van der Waals surface area contributed by atoms with Crippen molar-refractivity contribution in [3.63, 3.8) is 0 Å². The van der Waals surface area contributed by atoms with Crippen molar-refractivity contribution in [2.75, 3.05) is 31.5 Å². The molecule has 0 saturated carbocycles. The van der Waals surface area contributed by atoms with Crippen LogP contribution in [0, 0.1) is 17.7 Å². The van der Waals surface area contributed by atoms with Crippen molar-refractivity contribution < 1.29 is 18.8 Å². The third-order valence-corrected chi connectivity index (χ3v) is 6.41. The lowest BCUT2D eigenvalue weighted by Crippen LogP contribution is -2.54. The Bertz CT molecular complexity index is 1110. The van der Waals surface area contributed by atoms with Crippen LogP contribution in [-0.2, 0) is 4.79 Å². The number of carbonyl (C=O) groups excluding carboxylic acids is 3. The summed E-state index contributed by atoms with van der Waals surface area (Å²) in [7, 11) is 0. The summed E-state index contributed by atoms with van der Waals surface area (Å²) < 4.78 is 14.6. The summed E-state index contributed by atoms with van der Waals surface area (Å²) in [5, 5.41) is 2.51. The van der Waals surface area contributed by atoms with Crippen molar-refractivity contribution in [3.05, 3.63) is 63.8 Å². The van der Waals surface area contributed by atoms with E-state index in [2.05, 4.69) is 10.3 Å². The number of nitrogens with zero attached hydrogens (tertiary/aromatic N) is 2. The molecule has 33 heavy (non-hydrogen) atoms. The first-order valence-electron chi connectivity index (χ1n) is 11.2. The predicted octanol–water partition coefficient (Wildman–Crippen LogP) is 2.49. The van der Waals surface area contributed by atoms with Gasteiger partial charge in [-0.3, -0.25) is 19.2 Å². The molecule has 0 radical (unpaired) electrons. The van der Waals surface area contributed by atoms with E-state index >= 15 is 0 Å². The molecule has 3 amide bonds. The summed E-state index contributed by atoms with van der Waals surface area (Å²) >= 11 is 0. The first-order valence-corrected chi connectivity index (χ1v) is 11.2. The molecule has 2 saturated heterocycles. The second-order valence-corrected chi connectivity index (χ2v) is 8.79. The van der Waals surface area contributed by atoms with Gasteiger partial charge in [-0.2, -0.15) is 0 Å². The summed E-state index contributed by atoms with van der Waals surface area (Å²) in [4.78, 5) is 54.0. The Morgan fingerprint density at radius 3 is 2.42 bits per heavy atom. The zero-order chi connectivity index (χ0) is 23.5. The van der Waals surface area contributed by atoms with Gasteiger partial charge < -0.3 is 20.1 Å². The largest absolute Gasteiger partial charge is 0.338 e. The molecule has 174 valence electrons. The summed E-state index contributed by atoms with van der Waals surface area (Å²) in [5.74, 6) is -0.930. The number of anilines is 1. The van der Waals surface area contributed by atoms with Crippen LogP contribution in [0.3, 0.4) is 0 Å². The number of likely N-dealkylation sites (tertiary alicyclic amines) is 2. The van der Waals surface area contributed by atoms with Crippen molar-refractivity contribution in [3.8, 4) is 0 Å². The second-order valence-electron chi connectivity index (χ2n) is 8.79. The second kappa shape index (κ2) is 9.56. The molecule has 0 bridgehead atoms. The van der Waals surface area contributed by atoms with Crippen LogP contribution in [0.25, 0.3) is 0 Å². The number of rotatable bonds is 4. The van der Waals surface area contributed by atoms with Crippen LogP contribution < -0.4 is 10.9 Å². The molecule has 1 atom stereocenters. The molecule has 2 N–H and O–H groups in total. The van der Waals surface area contributed by atoms with Crippen LogP contribution >= 0.6 is 0 Å². The number of amides is 3. The number of nitrogens with one attached hydrogen (secondary N) is 2. The monoisotopic (exact) mass is 454 g/mol. The Morgan fingerprint density at radius 1 is 1.00 bits per heavy atom. The first-order chi connectivity index (χ1) is 15.8. The molecule has 4 rings (SSSR count). The minimum absolute atomic E-state index is 0.00626. The number of hydrogen-bond acceptors (Lipinski definition) is 4. The highest BCUT2D eigenvalue weighted by Crippen LogP contribution is 2.32. The summed E-state index contributed by atoms with van der Waals surface area (Å²) in [5.41, 5.74) is 0.501. The highest BCUT2D eigenvalue weighted by molar-refractivity contribution is 5.96. The Labute approximate surface area is 190 Å². The van der Waals surface area contributed by atoms with Crippen LogP contribution in [0.2, 0.25) is 0 Å². The lowest BCUT2D eigenvalue weighted by Gasteiger charge is -2.44. The number of benzene rings is 1. The van der Waals surface area contributed by atoms with E-state index in [-0.39, 0.29) is 40.7 Å². The van der Waals surface area contributed by atoms with Crippen LogP contribution in [0.5, 0.6) is 0 Å². The highest BCUT2D eigenvalue weighted by Gasteiger charge is 2.38. The number of carbonyl (C=O) groups is 3.